The fourth-order valence-electron chi connectivity index (χ4n) is 5.00. The molecule has 2 aromatic rings. The average molecular weight is 499 g/mol. The van der Waals surface area contributed by atoms with Crippen molar-refractivity contribution < 1.29 is 31.1 Å². The SMILES string of the molecule is CN1CCN([C@H]2CCN(C(=O)c3cc(C(F)(F)F)cc(C(F)(F)F)c3)C[C@H]2c2ccccc2)CC1. The number of piperidine rings is 1. The topological polar surface area (TPSA) is 26.8 Å². The van der Waals surface area contributed by atoms with Gasteiger partial charge in [-0.25, -0.2) is 0 Å². The Hall–Kier alpha value is -2.59. The van der Waals surface area contributed by atoms with Crippen LogP contribution in [-0.4, -0.2) is 73.0 Å². The van der Waals surface area contributed by atoms with Gasteiger partial charge in [0.15, 0.2) is 0 Å². The number of hydrogen-bond acceptors (Lipinski definition) is 3. The summed E-state index contributed by atoms with van der Waals surface area (Å²) in [4.78, 5) is 19.2. The molecule has 0 aromatic heterocycles. The van der Waals surface area contributed by atoms with Gasteiger partial charge in [0.05, 0.1) is 11.1 Å². The largest absolute Gasteiger partial charge is 0.416 e. The van der Waals surface area contributed by atoms with E-state index in [1.54, 1.807) is 0 Å². The Labute approximate surface area is 200 Å². The molecule has 0 bridgehead atoms. The Morgan fingerprint density at radius 2 is 1.40 bits per heavy atom. The van der Waals surface area contributed by atoms with E-state index in [0.717, 1.165) is 31.7 Å². The van der Waals surface area contributed by atoms with Crippen molar-refractivity contribution in [2.75, 3.05) is 46.3 Å². The zero-order valence-corrected chi connectivity index (χ0v) is 19.2. The van der Waals surface area contributed by atoms with Crippen LogP contribution in [0, 0.1) is 0 Å². The third-order valence-electron chi connectivity index (χ3n) is 6.93. The fraction of sp³-hybridized carbons (Fsp3) is 0.480. The lowest BCUT2D eigenvalue weighted by Crippen LogP contribution is -2.56. The van der Waals surface area contributed by atoms with Gasteiger partial charge in [-0.05, 0) is 37.2 Å². The number of likely N-dealkylation sites (tertiary alicyclic amines) is 1. The molecule has 190 valence electrons. The molecule has 4 rings (SSSR count). The quantitative estimate of drug-likeness (QED) is 0.558. The smallest absolute Gasteiger partial charge is 0.338 e. The molecule has 1 amide bonds. The molecule has 2 saturated heterocycles. The summed E-state index contributed by atoms with van der Waals surface area (Å²) in [5, 5.41) is 0. The van der Waals surface area contributed by atoms with E-state index in [-0.39, 0.29) is 31.1 Å². The number of piperazine rings is 1. The average Bonchev–Trinajstić information content (AvgIpc) is 2.83. The van der Waals surface area contributed by atoms with E-state index in [1.807, 2.05) is 30.3 Å². The highest BCUT2D eigenvalue weighted by Gasteiger charge is 2.40. The van der Waals surface area contributed by atoms with Crippen molar-refractivity contribution >= 4 is 5.91 Å². The molecule has 0 N–H and O–H groups in total. The van der Waals surface area contributed by atoms with Gasteiger partial charge in [0.1, 0.15) is 0 Å². The third kappa shape index (κ3) is 5.81. The van der Waals surface area contributed by atoms with Gasteiger partial charge >= 0.3 is 12.4 Å². The van der Waals surface area contributed by atoms with Crippen molar-refractivity contribution in [2.45, 2.75) is 30.7 Å². The highest BCUT2D eigenvalue weighted by Crippen LogP contribution is 2.37. The number of carbonyl (C=O) groups is 1. The lowest BCUT2D eigenvalue weighted by atomic mass is 9.84. The van der Waals surface area contributed by atoms with Crippen molar-refractivity contribution in [3.8, 4) is 0 Å². The molecule has 4 nitrogen and oxygen atoms in total. The van der Waals surface area contributed by atoms with Crippen LogP contribution in [0.1, 0.15) is 39.4 Å². The molecular formula is C25H27F6N3O. The maximum absolute atomic E-state index is 13.3. The van der Waals surface area contributed by atoms with Crippen LogP contribution in [0.5, 0.6) is 0 Å². The van der Waals surface area contributed by atoms with Gasteiger partial charge in [-0.15, -0.1) is 0 Å². The van der Waals surface area contributed by atoms with E-state index in [9.17, 15) is 31.1 Å². The number of hydrogen-bond donors (Lipinski definition) is 0. The number of benzene rings is 2. The Kier molecular flexibility index (Phi) is 7.15. The molecular weight excluding hydrogens is 472 g/mol. The fourth-order valence-corrected chi connectivity index (χ4v) is 5.00. The molecule has 2 heterocycles. The summed E-state index contributed by atoms with van der Waals surface area (Å²) in [6.07, 6.45) is -9.42. The van der Waals surface area contributed by atoms with E-state index in [2.05, 4.69) is 16.8 Å². The Bertz CT molecular complexity index is 999. The van der Waals surface area contributed by atoms with Gasteiger partial charge in [0, 0.05) is 56.8 Å². The molecule has 2 aliphatic heterocycles. The molecule has 2 aromatic carbocycles. The maximum atomic E-state index is 13.3. The van der Waals surface area contributed by atoms with Crippen LogP contribution in [-0.2, 0) is 12.4 Å². The van der Waals surface area contributed by atoms with E-state index in [1.165, 1.54) is 4.90 Å². The number of amides is 1. The number of nitrogens with zero attached hydrogens (tertiary/aromatic N) is 3. The minimum Gasteiger partial charge on any atom is -0.338 e. The van der Waals surface area contributed by atoms with Gasteiger partial charge < -0.3 is 9.80 Å². The van der Waals surface area contributed by atoms with Crippen LogP contribution in [0.25, 0.3) is 0 Å². The monoisotopic (exact) mass is 499 g/mol. The minimum atomic E-state index is -5.00. The predicted molar refractivity (Wildman–Crippen MR) is 119 cm³/mol. The van der Waals surface area contributed by atoms with Gasteiger partial charge in [0.25, 0.3) is 5.91 Å². The molecule has 0 saturated carbocycles. The molecule has 0 unspecified atom stereocenters. The first-order valence-corrected chi connectivity index (χ1v) is 11.5. The lowest BCUT2D eigenvalue weighted by Gasteiger charge is -2.46. The summed E-state index contributed by atoms with van der Waals surface area (Å²) < 4.78 is 79.9. The summed E-state index contributed by atoms with van der Waals surface area (Å²) in [7, 11) is 2.05. The molecule has 0 radical (unpaired) electrons. The van der Waals surface area contributed by atoms with Crippen LogP contribution in [0.15, 0.2) is 48.5 Å². The maximum Gasteiger partial charge on any atom is 0.416 e. The summed E-state index contributed by atoms with van der Waals surface area (Å²) in [5.74, 6) is -0.926. The zero-order valence-electron chi connectivity index (χ0n) is 19.2. The summed E-state index contributed by atoms with van der Waals surface area (Å²) in [6.45, 7) is 4.02. The Morgan fingerprint density at radius 3 is 1.94 bits per heavy atom. The van der Waals surface area contributed by atoms with E-state index in [4.69, 9.17) is 0 Å². The van der Waals surface area contributed by atoms with Gasteiger partial charge in [-0.2, -0.15) is 26.3 Å². The second-order valence-corrected chi connectivity index (χ2v) is 9.26. The zero-order chi connectivity index (χ0) is 25.4. The van der Waals surface area contributed by atoms with Gasteiger partial charge in [-0.1, -0.05) is 30.3 Å². The van der Waals surface area contributed by atoms with Gasteiger partial charge in [-0.3, -0.25) is 9.69 Å². The van der Waals surface area contributed by atoms with Crippen LogP contribution >= 0.6 is 0 Å². The predicted octanol–water partition coefficient (Wildman–Crippen LogP) is 4.97. The number of carbonyl (C=O) groups excluding carboxylic acids is 1. The number of alkyl halides is 6. The van der Waals surface area contributed by atoms with Crippen molar-refractivity contribution in [1.82, 2.24) is 14.7 Å². The van der Waals surface area contributed by atoms with Crippen LogP contribution in [0.2, 0.25) is 0 Å². The Morgan fingerprint density at radius 1 is 0.829 bits per heavy atom. The van der Waals surface area contributed by atoms with Crippen LogP contribution in [0.3, 0.4) is 0 Å². The number of halogens is 6. The van der Waals surface area contributed by atoms with Crippen molar-refractivity contribution in [3.63, 3.8) is 0 Å². The molecule has 0 spiro atoms. The summed E-state index contributed by atoms with van der Waals surface area (Å²) in [6, 6.07) is 10.8. The molecule has 2 fully saturated rings. The van der Waals surface area contributed by atoms with E-state index < -0.39 is 35.0 Å². The first kappa shape index (κ1) is 25.5. The first-order chi connectivity index (χ1) is 16.4. The summed E-state index contributed by atoms with van der Waals surface area (Å²) >= 11 is 0. The second kappa shape index (κ2) is 9.81. The molecule has 10 heteroatoms. The van der Waals surface area contributed by atoms with Crippen molar-refractivity contribution in [2.24, 2.45) is 0 Å². The molecule has 0 aliphatic carbocycles. The lowest BCUT2D eigenvalue weighted by molar-refractivity contribution is -0.143. The number of likely N-dealkylation sites (N-methyl/N-ethyl adjacent to an activating group) is 1. The minimum absolute atomic E-state index is 0.0448. The van der Waals surface area contributed by atoms with Gasteiger partial charge in [0.2, 0.25) is 0 Å². The molecule has 2 aliphatic rings. The van der Waals surface area contributed by atoms with Crippen molar-refractivity contribution in [3.05, 3.63) is 70.8 Å². The standard InChI is InChI=1S/C25H27F6N3O/c1-32-9-11-33(12-10-32)22-7-8-34(16-21(22)17-5-3-2-4-6-17)23(35)18-13-19(24(26,27)28)15-20(14-18)25(29,30)31/h2-6,13-15,21-22H,7-12,16H2,1H3/t21-,22-/m0/s1. The molecule has 35 heavy (non-hydrogen) atoms. The van der Waals surface area contributed by atoms with Crippen LogP contribution in [0.4, 0.5) is 26.3 Å². The Balaban J connectivity index is 1.63. The second-order valence-electron chi connectivity index (χ2n) is 9.26. The number of rotatable bonds is 3. The highest BCUT2D eigenvalue weighted by molar-refractivity contribution is 5.95. The highest BCUT2D eigenvalue weighted by atomic mass is 19.4. The van der Waals surface area contributed by atoms with Crippen molar-refractivity contribution in [1.29, 1.82) is 0 Å². The third-order valence-corrected chi connectivity index (χ3v) is 6.93. The molecule has 2 atom stereocenters. The van der Waals surface area contributed by atoms with Crippen LogP contribution < -0.4 is 0 Å². The summed E-state index contributed by atoms with van der Waals surface area (Å²) in [5.41, 5.74) is -2.57. The first-order valence-electron chi connectivity index (χ1n) is 11.5. The van der Waals surface area contributed by atoms with E-state index in [0.29, 0.717) is 18.6 Å². The van der Waals surface area contributed by atoms with E-state index >= 15 is 0 Å². The normalized spacial score (nSPS) is 22.9.